The van der Waals surface area contributed by atoms with Gasteiger partial charge in [-0.1, -0.05) is 22.9 Å². The quantitative estimate of drug-likeness (QED) is 0.511. The van der Waals surface area contributed by atoms with Gasteiger partial charge in [0.2, 0.25) is 11.8 Å². The van der Waals surface area contributed by atoms with E-state index in [1.165, 1.54) is 0 Å². The molecular formula is C9H17BrN2O3. The van der Waals surface area contributed by atoms with Gasteiger partial charge in [-0.2, -0.15) is 0 Å². The van der Waals surface area contributed by atoms with Gasteiger partial charge in [0.25, 0.3) is 0 Å². The number of hydrogen-bond donors (Lipinski definition) is 2. The van der Waals surface area contributed by atoms with Gasteiger partial charge in [0.1, 0.15) is 0 Å². The smallest absolute Gasteiger partial charge is 0.239 e. The highest BCUT2D eigenvalue weighted by atomic mass is 79.9. The van der Waals surface area contributed by atoms with Crippen molar-refractivity contribution in [1.82, 2.24) is 10.6 Å². The van der Waals surface area contributed by atoms with Gasteiger partial charge in [0.05, 0.1) is 18.0 Å². The standard InChI is InChI=1S/C9H17BrN2O3/c1-3-7(10)9(14)12-6-8(13)11-4-5-15-2/h7H,3-6H2,1-2H3,(H,11,13)(H,12,14). The van der Waals surface area contributed by atoms with Crippen LogP contribution in [0, 0.1) is 0 Å². The van der Waals surface area contributed by atoms with E-state index in [-0.39, 0.29) is 23.2 Å². The molecule has 0 aromatic heterocycles. The van der Waals surface area contributed by atoms with Crippen molar-refractivity contribution in [3.8, 4) is 0 Å². The first kappa shape index (κ1) is 14.4. The lowest BCUT2D eigenvalue weighted by Gasteiger charge is -2.08. The summed E-state index contributed by atoms with van der Waals surface area (Å²) >= 11 is 3.19. The van der Waals surface area contributed by atoms with Crippen LogP contribution in [0.4, 0.5) is 0 Å². The average Bonchev–Trinajstić information content (AvgIpc) is 2.25. The van der Waals surface area contributed by atoms with Crippen LogP contribution in [0.15, 0.2) is 0 Å². The van der Waals surface area contributed by atoms with Gasteiger partial charge in [-0.25, -0.2) is 0 Å². The normalized spacial score (nSPS) is 11.9. The molecule has 15 heavy (non-hydrogen) atoms. The first-order valence-corrected chi connectivity index (χ1v) is 5.70. The number of ether oxygens (including phenoxy) is 1. The molecule has 0 aromatic rings. The summed E-state index contributed by atoms with van der Waals surface area (Å²) in [6.45, 7) is 2.81. The lowest BCUT2D eigenvalue weighted by atomic mass is 10.3. The number of carbonyl (C=O) groups excluding carboxylic acids is 2. The molecule has 0 saturated carbocycles. The zero-order valence-electron chi connectivity index (χ0n) is 9.01. The van der Waals surface area contributed by atoms with Crippen molar-refractivity contribution < 1.29 is 14.3 Å². The van der Waals surface area contributed by atoms with Crippen LogP contribution in [0.2, 0.25) is 0 Å². The van der Waals surface area contributed by atoms with Gasteiger partial charge in [-0.3, -0.25) is 9.59 Å². The van der Waals surface area contributed by atoms with Crippen LogP contribution in [0.3, 0.4) is 0 Å². The van der Waals surface area contributed by atoms with E-state index in [9.17, 15) is 9.59 Å². The number of hydrogen-bond acceptors (Lipinski definition) is 3. The third kappa shape index (κ3) is 7.33. The molecule has 0 heterocycles. The highest BCUT2D eigenvalue weighted by Gasteiger charge is 2.12. The van der Waals surface area contributed by atoms with E-state index in [4.69, 9.17) is 4.74 Å². The van der Waals surface area contributed by atoms with E-state index in [1.807, 2.05) is 6.92 Å². The van der Waals surface area contributed by atoms with Crippen LogP contribution in [0.5, 0.6) is 0 Å². The third-order valence-electron chi connectivity index (χ3n) is 1.69. The van der Waals surface area contributed by atoms with Crippen molar-refractivity contribution in [2.75, 3.05) is 26.8 Å². The highest BCUT2D eigenvalue weighted by Crippen LogP contribution is 2.02. The van der Waals surface area contributed by atoms with E-state index in [0.29, 0.717) is 19.6 Å². The molecule has 0 aliphatic rings. The van der Waals surface area contributed by atoms with Crippen LogP contribution in [-0.4, -0.2) is 43.4 Å². The monoisotopic (exact) mass is 280 g/mol. The van der Waals surface area contributed by atoms with Gasteiger partial charge in [-0.15, -0.1) is 0 Å². The second-order valence-electron chi connectivity index (χ2n) is 2.94. The molecule has 1 unspecified atom stereocenters. The van der Waals surface area contributed by atoms with E-state index in [1.54, 1.807) is 7.11 Å². The summed E-state index contributed by atoms with van der Waals surface area (Å²) in [5.74, 6) is -0.379. The van der Waals surface area contributed by atoms with Crippen LogP contribution in [0.25, 0.3) is 0 Å². The summed E-state index contributed by atoms with van der Waals surface area (Å²) in [6, 6.07) is 0. The second-order valence-corrected chi connectivity index (χ2v) is 4.04. The Kier molecular flexibility index (Phi) is 8.31. The van der Waals surface area contributed by atoms with Crippen LogP contribution in [0.1, 0.15) is 13.3 Å². The SMILES string of the molecule is CCC(Br)C(=O)NCC(=O)NCCOC. The molecule has 6 heteroatoms. The zero-order chi connectivity index (χ0) is 11.7. The van der Waals surface area contributed by atoms with E-state index in [2.05, 4.69) is 26.6 Å². The fourth-order valence-electron chi connectivity index (χ4n) is 0.819. The van der Waals surface area contributed by atoms with Crippen LogP contribution >= 0.6 is 15.9 Å². The molecule has 0 radical (unpaired) electrons. The average molecular weight is 281 g/mol. The molecule has 0 aromatic carbocycles. The molecule has 2 amide bonds. The number of amides is 2. The zero-order valence-corrected chi connectivity index (χ0v) is 10.6. The lowest BCUT2D eigenvalue weighted by molar-refractivity contribution is -0.125. The summed E-state index contributed by atoms with van der Waals surface area (Å²) in [5.41, 5.74) is 0. The maximum Gasteiger partial charge on any atom is 0.239 e. The highest BCUT2D eigenvalue weighted by molar-refractivity contribution is 9.10. The molecule has 0 aliphatic heterocycles. The van der Waals surface area contributed by atoms with Gasteiger partial charge >= 0.3 is 0 Å². The number of carbonyl (C=O) groups is 2. The molecule has 0 fully saturated rings. The summed E-state index contributed by atoms with van der Waals surface area (Å²) in [4.78, 5) is 22.2. The molecule has 88 valence electrons. The van der Waals surface area contributed by atoms with Gasteiger partial charge < -0.3 is 15.4 Å². The molecule has 0 saturated heterocycles. The van der Waals surface area contributed by atoms with Crippen LogP contribution in [-0.2, 0) is 14.3 Å². The minimum Gasteiger partial charge on any atom is -0.383 e. The number of rotatable bonds is 7. The van der Waals surface area contributed by atoms with Crippen molar-refractivity contribution in [1.29, 1.82) is 0 Å². The van der Waals surface area contributed by atoms with Crippen molar-refractivity contribution in [3.05, 3.63) is 0 Å². The predicted molar refractivity (Wildman–Crippen MR) is 60.9 cm³/mol. The largest absolute Gasteiger partial charge is 0.383 e. The molecule has 0 spiro atoms. The number of methoxy groups -OCH3 is 1. The first-order valence-electron chi connectivity index (χ1n) is 4.79. The molecular weight excluding hydrogens is 264 g/mol. The Balaban J connectivity index is 3.57. The minimum absolute atomic E-state index is 0.00461. The van der Waals surface area contributed by atoms with E-state index in [0.717, 1.165) is 0 Å². The fraction of sp³-hybridized carbons (Fsp3) is 0.778. The van der Waals surface area contributed by atoms with Gasteiger partial charge in [-0.05, 0) is 6.42 Å². The topological polar surface area (TPSA) is 67.4 Å². The molecule has 0 bridgehead atoms. The summed E-state index contributed by atoms with van der Waals surface area (Å²) in [6.07, 6.45) is 0.692. The number of alkyl halides is 1. The minimum atomic E-state index is -0.232. The third-order valence-corrected chi connectivity index (χ3v) is 2.76. The fourth-order valence-corrected chi connectivity index (χ4v) is 0.980. The summed E-state index contributed by atoms with van der Waals surface area (Å²) < 4.78 is 4.76. The van der Waals surface area contributed by atoms with Crippen molar-refractivity contribution in [3.63, 3.8) is 0 Å². The Labute approximate surface area is 98.1 Å². The molecule has 0 rings (SSSR count). The Morgan fingerprint density at radius 1 is 1.40 bits per heavy atom. The molecule has 5 nitrogen and oxygen atoms in total. The van der Waals surface area contributed by atoms with E-state index >= 15 is 0 Å². The predicted octanol–water partition coefficient (Wildman–Crippen LogP) is 0.0387. The Morgan fingerprint density at radius 3 is 2.60 bits per heavy atom. The Morgan fingerprint density at radius 2 is 2.07 bits per heavy atom. The Hall–Kier alpha value is -0.620. The maximum absolute atomic E-state index is 11.2. The molecule has 0 aliphatic carbocycles. The molecule has 1 atom stereocenters. The summed E-state index contributed by atoms with van der Waals surface area (Å²) in [7, 11) is 1.56. The Bertz CT molecular complexity index is 212. The maximum atomic E-state index is 11.2. The van der Waals surface area contributed by atoms with Crippen molar-refractivity contribution in [2.45, 2.75) is 18.2 Å². The number of halogens is 1. The second kappa shape index (κ2) is 8.67. The van der Waals surface area contributed by atoms with Gasteiger partial charge in [0.15, 0.2) is 0 Å². The lowest BCUT2D eigenvalue weighted by Crippen LogP contribution is -2.40. The van der Waals surface area contributed by atoms with Gasteiger partial charge in [0, 0.05) is 13.7 Å². The van der Waals surface area contributed by atoms with Crippen LogP contribution < -0.4 is 10.6 Å². The van der Waals surface area contributed by atoms with Crippen molar-refractivity contribution in [2.24, 2.45) is 0 Å². The first-order chi connectivity index (χ1) is 7.11. The number of nitrogens with one attached hydrogen (secondary N) is 2. The van der Waals surface area contributed by atoms with Crippen molar-refractivity contribution >= 4 is 27.7 Å². The summed E-state index contributed by atoms with van der Waals surface area (Å²) in [5, 5.41) is 5.12. The molecule has 2 N–H and O–H groups in total. The van der Waals surface area contributed by atoms with E-state index < -0.39 is 0 Å².